The predicted molar refractivity (Wildman–Crippen MR) is 117 cm³/mol. The fraction of sp³-hybridized carbons (Fsp3) is 0.167. The Balaban J connectivity index is 1.91. The molecule has 0 atom stereocenters. The van der Waals surface area contributed by atoms with Crippen molar-refractivity contribution < 1.29 is 19.1 Å². The summed E-state index contributed by atoms with van der Waals surface area (Å²) >= 11 is 0. The van der Waals surface area contributed by atoms with Crippen molar-refractivity contribution in [2.75, 3.05) is 11.5 Å². The number of ether oxygens (including phenoxy) is 2. The molecular formula is C24H24N2O4. The van der Waals surface area contributed by atoms with Gasteiger partial charge in [0.05, 0.1) is 11.1 Å². The first-order chi connectivity index (χ1) is 14.1. The van der Waals surface area contributed by atoms with Gasteiger partial charge in [0.1, 0.15) is 11.5 Å². The third-order valence-electron chi connectivity index (χ3n) is 4.45. The van der Waals surface area contributed by atoms with Gasteiger partial charge in [-0.05, 0) is 77.7 Å². The molecule has 0 aliphatic carbocycles. The maximum atomic E-state index is 12.7. The van der Waals surface area contributed by atoms with E-state index in [1.165, 1.54) is 6.07 Å². The van der Waals surface area contributed by atoms with Gasteiger partial charge in [-0.15, -0.1) is 0 Å². The van der Waals surface area contributed by atoms with Crippen LogP contribution in [0.4, 0.5) is 11.4 Å². The smallest absolute Gasteiger partial charge is 0.343 e. The lowest BCUT2D eigenvalue weighted by Gasteiger charge is -2.21. The first kappa shape index (κ1) is 20.9. The molecular weight excluding hydrogens is 380 g/mol. The summed E-state index contributed by atoms with van der Waals surface area (Å²) < 4.78 is 10.9. The van der Waals surface area contributed by atoms with Crippen LogP contribution in [0.25, 0.3) is 0 Å². The number of carbonyl (C=O) groups is 2. The molecule has 30 heavy (non-hydrogen) atoms. The van der Waals surface area contributed by atoms with E-state index >= 15 is 0 Å². The zero-order chi connectivity index (χ0) is 21.9. The van der Waals surface area contributed by atoms with Crippen LogP contribution in [-0.4, -0.2) is 11.9 Å². The second-order valence-electron chi connectivity index (χ2n) is 7.97. The van der Waals surface area contributed by atoms with Crippen LogP contribution >= 0.6 is 0 Å². The summed E-state index contributed by atoms with van der Waals surface area (Å²) in [4.78, 5) is 25.5. The van der Waals surface area contributed by atoms with Crippen LogP contribution in [0, 0.1) is 0 Å². The molecule has 3 rings (SSSR count). The third kappa shape index (κ3) is 5.17. The van der Waals surface area contributed by atoms with Gasteiger partial charge >= 0.3 is 11.9 Å². The molecule has 0 amide bonds. The van der Waals surface area contributed by atoms with Gasteiger partial charge < -0.3 is 20.9 Å². The van der Waals surface area contributed by atoms with Crippen molar-refractivity contribution in [2.24, 2.45) is 0 Å². The second-order valence-corrected chi connectivity index (χ2v) is 7.97. The van der Waals surface area contributed by atoms with Gasteiger partial charge in [-0.1, -0.05) is 20.8 Å². The van der Waals surface area contributed by atoms with Crippen molar-refractivity contribution in [3.8, 4) is 11.5 Å². The summed E-state index contributed by atoms with van der Waals surface area (Å²) in [5, 5.41) is 0. The van der Waals surface area contributed by atoms with Gasteiger partial charge in [0, 0.05) is 11.4 Å². The summed E-state index contributed by atoms with van der Waals surface area (Å²) in [6, 6.07) is 17.9. The number of hydrogen-bond acceptors (Lipinski definition) is 6. The minimum atomic E-state index is -0.576. The Labute approximate surface area is 175 Å². The average Bonchev–Trinajstić information content (AvgIpc) is 2.70. The Bertz CT molecular complexity index is 988. The standard InChI is InChI=1S/C24H24N2O4/c1-24(2,3)17-13-15(22(27)29-20-8-4-18(25)5-9-20)12-16(14-17)23(28)30-21-10-6-19(26)7-11-21/h4-14H,25-26H2,1-3H3. The number of rotatable bonds is 4. The van der Waals surface area contributed by atoms with Gasteiger partial charge in [-0.3, -0.25) is 0 Å². The number of anilines is 2. The van der Waals surface area contributed by atoms with E-state index in [1.54, 1.807) is 60.7 Å². The van der Waals surface area contributed by atoms with E-state index in [1.807, 2.05) is 20.8 Å². The molecule has 0 saturated carbocycles. The number of benzene rings is 3. The fourth-order valence-corrected chi connectivity index (χ4v) is 2.70. The Kier molecular flexibility index (Phi) is 5.78. The van der Waals surface area contributed by atoms with E-state index in [4.69, 9.17) is 20.9 Å². The van der Waals surface area contributed by atoms with Crippen molar-refractivity contribution in [1.29, 1.82) is 0 Å². The molecule has 4 N–H and O–H groups in total. The highest BCUT2D eigenvalue weighted by atomic mass is 16.5. The van der Waals surface area contributed by atoms with Crippen LogP contribution in [0.5, 0.6) is 11.5 Å². The minimum absolute atomic E-state index is 0.253. The monoisotopic (exact) mass is 404 g/mol. The summed E-state index contributed by atoms with van der Waals surface area (Å²) in [5.74, 6) is -0.428. The molecule has 0 heterocycles. The summed E-state index contributed by atoms with van der Waals surface area (Å²) in [6.07, 6.45) is 0. The SMILES string of the molecule is CC(C)(C)c1cc(C(=O)Oc2ccc(N)cc2)cc(C(=O)Oc2ccc(N)cc2)c1. The Morgan fingerprint density at radius 3 is 1.37 bits per heavy atom. The van der Waals surface area contributed by atoms with Crippen molar-refractivity contribution in [2.45, 2.75) is 26.2 Å². The van der Waals surface area contributed by atoms with Crippen LogP contribution < -0.4 is 20.9 Å². The molecule has 6 heteroatoms. The van der Waals surface area contributed by atoms with E-state index in [-0.39, 0.29) is 16.5 Å². The molecule has 0 bridgehead atoms. The molecule has 0 spiro atoms. The molecule has 0 saturated heterocycles. The Hall–Kier alpha value is -3.80. The molecule has 0 aromatic heterocycles. The summed E-state index contributed by atoms with van der Waals surface area (Å²) in [6.45, 7) is 5.98. The zero-order valence-corrected chi connectivity index (χ0v) is 17.1. The van der Waals surface area contributed by atoms with Gasteiger partial charge in [0.25, 0.3) is 0 Å². The van der Waals surface area contributed by atoms with E-state index in [2.05, 4.69) is 0 Å². The van der Waals surface area contributed by atoms with Crippen molar-refractivity contribution in [3.05, 3.63) is 83.4 Å². The summed E-state index contributed by atoms with van der Waals surface area (Å²) in [7, 11) is 0. The lowest BCUT2D eigenvalue weighted by molar-refractivity contribution is 0.0734. The highest BCUT2D eigenvalue weighted by Crippen LogP contribution is 2.26. The molecule has 3 aromatic carbocycles. The maximum absolute atomic E-state index is 12.7. The van der Waals surface area contributed by atoms with Gasteiger partial charge in [-0.25, -0.2) is 9.59 Å². The maximum Gasteiger partial charge on any atom is 0.343 e. The second kappa shape index (κ2) is 8.29. The lowest BCUT2D eigenvalue weighted by Crippen LogP contribution is -2.18. The zero-order valence-electron chi connectivity index (χ0n) is 17.1. The van der Waals surface area contributed by atoms with E-state index in [9.17, 15) is 9.59 Å². The topological polar surface area (TPSA) is 105 Å². The molecule has 3 aromatic rings. The van der Waals surface area contributed by atoms with Crippen LogP contribution in [0.15, 0.2) is 66.7 Å². The molecule has 154 valence electrons. The quantitative estimate of drug-likeness (QED) is 0.374. The molecule has 0 unspecified atom stereocenters. The number of nitrogen functional groups attached to an aromatic ring is 2. The number of nitrogens with two attached hydrogens (primary N) is 2. The van der Waals surface area contributed by atoms with Gasteiger partial charge in [0.2, 0.25) is 0 Å². The van der Waals surface area contributed by atoms with E-state index < -0.39 is 11.9 Å². The first-order valence-corrected chi connectivity index (χ1v) is 9.43. The normalized spacial score (nSPS) is 11.0. The Morgan fingerprint density at radius 2 is 1.03 bits per heavy atom. The van der Waals surface area contributed by atoms with Crippen LogP contribution in [0.3, 0.4) is 0 Å². The van der Waals surface area contributed by atoms with Crippen molar-refractivity contribution >= 4 is 23.3 Å². The summed E-state index contributed by atoms with van der Waals surface area (Å²) in [5.41, 5.74) is 13.5. The largest absolute Gasteiger partial charge is 0.423 e. The van der Waals surface area contributed by atoms with E-state index in [0.29, 0.717) is 22.9 Å². The molecule has 0 aliphatic heterocycles. The predicted octanol–water partition coefficient (Wildman–Crippen LogP) is 4.59. The minimum Gasteiger partial charge on any atom is -0.423 e. The third-order valence-corrected chi connectivity index (χ3v) is 4.45. The molecule has 6 nitrogen and oxygen atoms in total. The molecule has 0 aliphatic rings. The average molecular weight is 404 g/mol. The van der Waals surface area contributed by atoms with Gasteiger partial charge in [0.15, 0.2) is 0 Å². The van der Waals surface area contributed by atoms with Crippen LogP contribution in [-0.2, 0) is 5.41 Å². The van der Waals surface area contributed by atoms with Crippen LogP contribution in [0.1, 0.15) is 47.1 Å². The Morgan fingerprint density at radius 1 is 0.667 bits per heavy atom. The fourth-order valence-electron chi connectivity index (χ4n) is 2.70. The number of esters is 2. The highest BCUT2D eigenvalue weighted by Gasteiger charge is 2.21. The first-order valence-electron chi connectivity index (χ1n) is 9.43. The number of carbonyl (C=O) groups excluding carboxylic acids is 2. The molecule has 0 radical (unpaired) electrons. The lowest BCUT2D eigenvalue weighted by atomic mass is 9.85. The van der Waals surface area contributed by atoms with Crippen molar-refractivity contribution in [3.63, 3.8) is 0 Å². The van der Waals surface area contributed by atoms with Crippen LogP contribution in [0.2, 0.25) is 0 Å². The van der Waals surface area contributed by atoms with Gasteiger partial charge in [-0.2, -0.15) is 0 Å². The highest BCUT2D eigenvalue weighted by molar-refractivity contribution is 5.97. The van der Waals surface area contributed by atoms with Crippen molar-refractivity contribution in [1.82, 2.24) is 0 Å². The van der Waals surface area contributed by atoms with E-state index in [0.717, 1.165) is 5.56 Å². The molecule has 0 fully saturated rings. The number of hydrogen-bond donors (Lipinski definition) is 2.